The summed E-state index contributed by atoms with van der Waals surface area (Å²) in [6.07, 6.45) is -0.798. The second-order valence-electron chi connectivity index (χ2n) is 6.19. The molecule has 1 aromatic rings. The number of nitro groups is 1. The minimum atomic E-state index is -0.780. The van der Waals surface area contributed by atoms with Crippen LogP contribution < -0.4 is 16.2 Å². The molecule has 0 radical (unpaired) electrons. The number of carbonyl (C=O) groups is 3. The maximum Gasteiger partial charge on any atom is 0.426 e. The number of H-pyrrole nitrogens is 1. The molecule has 1 heterocycles. The van der Waals surface area contributed by atoms with Crippen LogP contribution in [0.1, 0.15) is 37.7 Å². The van der Waals surface area contributed by atoms with Crippen LogP contribution in [0.15, 0.2) is 6.07 Å². The van der Waals surface area contributed by atoms with Crippen molar-refractivity contribution in [2.45, 2.75) is 32.8 Å². The van der Waals surface area contributed by atoms with Gasteiger partial charge in [-0.1, -0.05) is 5.10 Å². The van der Waals surface area contributed by atoms with E-state index in [1.807, 2.05) is 0 Å². The molecular weight excluding hydrogens is 364 g/mol. The van der Waals surface area contributed by atoms with E-state index in [1.54, 1.807) is 20.8 Å². The molecule has 0 saturated heterocycles. The summed E-state index contributed by atoms with van der Waals surface area (Å²) in [6, 6.07) is 1.01. The first kappa shape index (κ1) is 21.8. The van der Waals surface area contributed by atoms with Crippen LogP contribution in [0.4, 0.5) is 10.6 Å². The standard InChI is InChI=1S/C14H22N6O7/c1-14(2,3)27-13(23)19-18-11(21)4-6-26-7-5-15-12(22)9-8-10(17-16-9)20(24)25/h8H,4-7H2,1-3H3,(H,15,22)(H,16,17)(H,18,21)(H,19,23). The van der Waals surface area contributed by atoms with Gasteiger partial charge >= 0.3 is 11.9 Å². The van der Waals surface area contributed by atoms with Crippen molar-refractivity contribution in [3.63, 3.8) is 0 Å². The SMILES string of the molecule is CC(C)(C)OC(=O)NNC(=O)CCOCCNC(=O)c1cc([N+](=O)[O-])[nH]n1. The Morgan fingerprint density at radius 3 is 2.56 bits per heavy atom. The van der Waals surface area contributed by atoms with E-state index in [2.05, 4.69) is 26.4 Å². The molecular formula is C14H22N6O7. The van der Waals surface area contributed by atoms with Gasteiger partial charge in [0.05, 0.1) is 25.7 Å². The summed E-state index contributed by atoms with van der Waals surface area (Å²) in [4.78, 5) is 44.3. The number of hydrazine groups is 1. The van der Waals surface area contributed by atoms with Gasteiger partial charge in [0.25, 0.3) is 5.91 Å². The van der Waals surface area contributed by atoms with Crippen molar-refractivity contribution in [3.8, 4) is 0 Å². The molecule has 13 heteroatoms. The molecule has 0 bridgehead atoms. The predicted molar refractivity (Wildman–Crippen MR) is 90.5 cm³/mol. The maximum absolute atomic E-state index is 11.7. The molecule has 0 unspecified atom stereocenters. The maximum atomic E-state index is 11.7. The molecule has 1 rings (SSSR count). The molecule has 0 aromatic carbocycles. The van der Waals surface area contributed by atoms with Crippen molar-refractivity contribution in [1.82, 2.24) is 26.4 Å². The Hall–Kier alpha value is -3.22. The quantitative estimate of drug-likeness (QED) is 0.274. The number of nitrogens with zero attached hydrogens (tertiary/aromatic N) is 2. The molecule has 150 valence electrons. The minimum Gasteiger partial charge on any atom is -0.443 e. The highest BCUT2D eigenvalue weighted by Gasteiger charge is 2.17. The van der Waals surface area contributed by atoms with Crippen LogP contribution in [0.5, 0.6) is 0 Å². The van der Waals surface area contributed by atoms with Gasteiger partial charge in [-0.3, -0.25) is 15.0 Å². The van der Waals surface area contributed by atoms with Crippen LogP contribution >= 0.6 is 0 Å². The summed E-state index contributed by atoms with van der Waals surface area (Å²) in [5.74, 6) is -1.46. The van der Waals surface area contributed by atoms with Crippen molar-refractivity contribution in [2.24, 2.45) is 0 Å². The molecule has 13 nitrogen and oxygen atoms in total. The van der Waals surface area contributed by atoms with Crippen molar-refractivity contribution in [3.05, 3.63) is 21.9 Å². The third kappa shape index (κ3) is 9.15. The molecule has 3 amide bonds. The number of aromatic nitrogens is 2. The van der Waals surface area contributed by atoms with Crippen molar-refractivity contribution >= 4 is 23.7 Å². The van der Waals surface area contributed by atoms with Gasteiger partial charge in [0.1, 0.15) is 5.60 Å². The van der Waals surface area contributed by atoms with Gasteiger partial charge in [0.2, 0.25) is 5.91 Å². The zero-order valence-corrected chi connectivity index (χ0v) is 15.2. The van der Waals surface area contributed by atoms with Crippen LogP contribution in [-0.2, 0) is 14.3 Å². The number of ether oxygens (including phenoxy) is 2. The van der Waals surface area contributed by atoms with Gasteiger partial charge in [-0.25, -0.2) is 10.2 Å². The summed E-state index contributed by atoms with van der Waals surface area (Å²) in [5.41, 5.74) is 3.48. The monoisotopic (exact) mass is 386 g/mol. The van der Waals surface area contributed by atoms with E-state index in [0.717, 1.165) is 6.07 Å². The predicted octanol–water partition coefficient (Wildman–Crippen LogP) is 0.0103. The van der Waals surface area contributed by atoms with E-state index in [9.17, 15) is 24.5 Å². The first-order valence-electron chi connectivity index (χ1n) is 7.92. The molecule has 0 saturated carbocycles. The largest absolute Gasteiger partial charge is 0.443 e. The number of carbonyl (C=O) groups excluding carboxylic acids is 3. The molecule has 0 fully saturated rings. The molecule has 1 aromatic heterocycles. The normalized spacial score (nSPS) is 10.8. The van der Waals surface area contributed by atoms with E-state index in [0.29, 0.717) is 0 Å². The summed E-state index contributed by atoms with van der Waals surface area (Å²) >= 11 is 0. The fraction of sp³-hybridized carbons (Fsp3) is 0.571. The third-order valence-corrected chi connectivity index (χ3v) is 2.70. The second kappa shape index (κ2) is 10.1. The van der Waals surface area contributed by atoms with Crippen LogP contribution in [0.3, 0.4) is 0 Å². The average molecular weight is 386 g/mol. The van der Waals surface area contributed by atoms with E-state index in [4.69, 9.17) is 9.47 Å². The molecule has 0 atom stereocenters. The summed E-state index contributed by atoms with van der Waals surface area (Å²) in [5, 5.41) is 18.6. The fourth-order valence-corrected chi connectivity index (χ4v) is 1.60. The molecule has 0 aliphatic heterocycles. The lowest BCUT2D eigenvalue weighted by atomic mass is 10.2. The second-order valence-corrected chi connectivity index (χ2v) is 6.19. The Kier molecular flexibility index (Phi) is 8.13. The van der Waals surface area contributed by atoms with Crippen LogP contribution in [0.25, 0.3) is 0 Å². The lowest BCUT2D eigenvalue weighted by Crippen LogP contribution is -2.44. The first-order valence-corrected chi connectivity index (χ1v) is 7.92. The number of hydrogen-bond donors (Lipinski definition) is 4. The molecule has 4 N–H and O–H groups in total. The smallest absolute Gasteiger partial charge is 0.426 e. The van der Waals surface area contributed by atoms with Gasteiger partial charge in [-0.05, 0) is 25.7 Å². The lowest BCUT2D eigenvalue weighted by Gasteiger charge is -2.19. The van der Waals surface area contributed by atoms with Crippen molar-refractivity contribution < 1.29 is 28.8 Å². The number of nitrogens with one attached hydrogen (secondary N) is 4. The summed E-state index contributed by atoms with van der Waals surface area (Å²) in [6.45, 7) is 5.37. The number of hydrogen-bond acceptors (Lipinski definition) is 8. The lowest BCUT2D eigenvalue weighted by molar-refractivity contribution is -0.389. The van der Waals surface area contributed by atoms with E-state index < -0.39 is 28.4 Å². The highest BCUT2D eigenvalue weighted by atomic mass is 16.6. The van der Waals surface area contributed by atoms with Crippen LogP contribution in [-0.4, -0.2) is 58.4 Å². The van der Waals surface area contributed by atoms with Crippen molar-refractivity contribution in [2.75, 3.05) is 19.8 Å². The van der Waals surface area contributed by atoms with E-state index >= 15 is 0 Å². The van der Waals surface area contributed by atoms with E-state index in [-0.39, 0.29) is 37.7 Å². The van der Waals surface area contributed by atoms with Crippen molar-refractivity contribution in [1.29, 1.82) is 0 Å². The highest BCUT2D eigenvalue weighted by Crippen LogP contribution is 2.07. The average Bonchev–Trinajstić information content (AvgIpc) is 3.04. The number of rotatable bonds is 8. The zero-order chi connectivity index (χ0) is 20.4. The molecule has 27 heavy (non-hydrogen) atoms. The van der Waals surface area contributed by atoms with Gasteiger partial charge < -0.3 is 24.9 Å². The Morgan fingerprint density at radius 2 is 1.96 bits per heavy atom. The third-order valence-electron chi connectivity index (χ3n) is 2.70. The minimum absolute atomic E-state index is 0.0185. The van der Waals surface area contributed by atoms with Gasteiger partial charge in [-0.15, -0.1) is 5.10 Å². The fourth-order valence-electron chi connectivity index (χ4n) is 1.60. The summed E-state index contributed by atoms with van der Waals surface area (Å²) in [7, 11) is 0. The van der Waals surface area contributed by atoms with Gasteiger partial charge in [0.15, 0.2) is 5.69 Å². The Labute approximate surface area is 154 Å². The molecule has 0 aliphatic carbocycles. The Balaban J connectivity index is 2.11. The topological polar surface area (TPSA) is 178 Å². The van der Waals surface area contributed by atoms with Gasteiger partial charge in [-0.2, -0.15) is 0 Å². The van der Waals surface area contributed by atoms with Crippen LogP contribution in [0, 0.1) is 10.1 Å². The van der Waals surface area contributed by atoms with Crippen LogP contribution in [0.2, 0.25) is 0 Å². The zero-order valence-electron chi connectivity index (χ0n) is 15.2. The Bertz CT molecular complexity index is 682. The summed E-state index contributed by atoms with van der Waals surface area (Å²) < 4.78 is 10.1. The van der Waals surface area contributed by atoms with E-state index in [1.165, 1.54) is 0 Å². The highest BCUT2D eigenvalue weighted by molar-refractivity contribution is 5.92. The first-order chi connectivity index (χ1) is 12.6. The molecule has 0 spiro atoms. The number of amides is 3. The molecule has 0 aliphatic rings. The number of aromatic amines is 1. The Morgan fingerprint density at radius 1 is 1.26 bits per heavy atom. The van der Waals surface area contributed by atoms with Gasteiger partial charge in [0, 0.05) is 6.54 Å².